The quantitative estimate of drug-likeness (QED) is 0.891. The number of pyridine rings is 1. The van der Waals surface area contributed by atoms with Gasteiger partial charge in [-0.05, 0) is 29.3 Å². The molecule has 0 aliphatic carbocycles. The molecule has 0 unspecified atom stereocenters. The summed E-state index contributed by atoms with van der Waals surface area (Å²) >= 11 is 0. The molecule has 2 rings (SSSR count). The monoisotopic (exact) mass is 256 g/mol. The summed E-state index contributed by atoms with van der Waals surface area (Å²) in [5.41, 5.74) is 3.43. The fourth-order valence-corrected chi connectivity index (χ4v) is 1.87. The summed E-state index contributed by atoms with van der Waals surface area (Å²) in [4.78, 5) is 4.31. The van der Waals surface area contributed by atoms with E-state index in [0.717, 1.165) is 23.4 Å². The van der Waals surface area contributed by atoms with Crippen molar-refractivity contribution in [1.29, 1.82) is 0 Å². The third kappa shape index (κ3) is 3.80. The summed E-state index contributed by atoms with van der Waals surface area (Å²) in [5.74, 6) is 0.864. The number of nitrogens with one attached hydrogen (secondary N) is 1. The third-order valence-corrected chi connectivity index (χ3v) is 2.91. The maximum absolute atomic E-state index is 5.25. The molecule has 0 bridgehead atoms. The van der Waals surface area contributed by atoms with Crippen molar-refractivity contribution in [3.63, 3.8) is 0 Å². The Morgan fingerprint density at radius 3 is 2.74 bits per heavy atom. The molecule has 0 aliphatic rings. The van der Waals surface area contributed by atoms with Crippen LogP contribution < -0.4 is 10.1 Å². The first kappa shape index (κ1) is 13.6. The van der Waals surface area contributed by atoms with Crippen LogP contribution in [-0.4, -0.2) is 18.1 Å². The number of benzene rings is 1. The number of ether oxygens (including phenoxy) is 1. The van der Waals surface area contributed by atoms with Gasteiger partial charge in [0.1, 0.15) is 5.75 Å². The van der Waals surface area contributed by atoms with Gasteiger partial charge in [-0.1, -0.05) is 26.0 Å². The van der Waals surface area contributed by atoms with Gasteiger partial charge in [-0.15, -0.1) is 0 Å². The molecule has 1 heterocycles. The first-order valence-corrected chi connectivity index (χ1v) is 6.51. The Hall–Kier alpha value is -1.87. The number of methoxy groups -OCH3 is 1. The van der Waals surface area contributed by atoms with Crippen molar-refractivity contribution < 1.29 is 4.74 Å². The predicted octanol–water partition coefficient (Wildman–Crippen LogP) is 3.26. The van der Waals surface area contributed by atoms with Crippen molar-refractivity contribution in [2.45, 2.75) is 26.4 Å². The van der Waals surface area contributed by atoms with Crippen LogP contribution in [0.2, 0.25) is 0 Å². The summed E-state index contributed by atoms with van der Waals surface area (Å²) in [7, 11) is 1.68. The van der Waals surface area contributed by atoms with Gasteiger partial charge in [0.25, 0.3) is 0 Å². The van der Waals surface area contributed by atoms with Crippen LogP contribution in [0.5, 0.6) is 5.75 Å². The van der Waals surface area contributed by atoms with Crippen LogP contribution in [-0.2, 0) is 6.54 Å². The Labute approximate surface area is 114 Å². The van der Waals surface area contributed by atoms with Gasteiger partial charge >= 0.3 is 0 Å². The topological polar surface area (TPSA) is 34.1 Å². The van der Waals surface area contributed by atoms with E-state index in [0.29, 0.717) is 6.04 Å². The second-order valence-electron chi connectivity index (χ2n) is 4.85. The highest BCUT2D eigenvalue weighted by molar-refractivity contribution is 5.64. The van der Waals surface area contributed by atoms with Crippen molar-refractivity contribution in [2.75, 3.05) is 7.11 Å². The molecular weight excluding hydrogens is 236 g/mol. The zero-order valence-electron chi connectivity index (χ0n) is 11.7. The number of rotatable bonds is 5. The van der Waals surface area contributed by atoms with Crippen molar-refractivity contribution >= 4 is 0 Å². The minimum atomic E-state index is 0.473. The van der Waals surface area contributed by atoms with E-state index >= 15 is 0 Å². The van der Waals surface area contributed by atoms with Crippen LogP contribution in [0, 0.1) is 0 Å². The zero-order chi connectivity index (χ0) is 13.7. The molecule has 0 atom stereocenters. The molecule has 0 aliphatic heterocycles. The Kier molecular flexibility index (Phi) is 4.53. The van der Waals surface area contributed by atoms with E-state index in [1.54, 1.807) is 7.11 Å². The fraction of sp³-hybridized carbons (Fsp3) is 0.312. The number of nitrogens with zero attached hydrogens (tertiary/aromatic N) is 1. The number of aromatic nitrogens is 1. The molecule has 3 heteroatoms. The lowest BCUT2D eigenvalue weighted by atomic mass is 10.1. The Morgan fingerprint density at radius 2 is 2.00 bits per heavy atom. The highest BCUT2D eigenvalue weighted by Gasteiger charge is 2.02. The van der Waals surface area contributed by atoms with Crippen molar-refractivity contribution in [3.05, 3.63) is 48.3 Å². The first-order valence-electron chi connectivity index (χ1n) is 6.51. The largest absolute Gasteiger partial charge is 0.497 e. The molecule has 0 saturated heterocycles. The van der Waals surface area contributed by atoms with Gasteiger partial charge in [0, 0.05) is 30.5 Å². The van der Waals surface area contributed by atoms with Crippen molar-refractivity contribution in [2.24, 2.45) is 0 Å². The highest BCUT2D eigenvalue weighted by Crippen LogP contribution is 2.23. The first-order chi connectivity index (χ1) is 9.19. The van der Waals surface area contributed by atoms with E-state index in [1.807, 2.05) is 30.6 Å². The normalized spacial score (nSPS) is 10.7. The minimum Gasteiger partial charge on any atom is -0.497 e. The summed E-state index contributed by atoms with van der Waals surface area (Å²) < 4.78 is 5.25. The van der Waals surface area contributed by atoms with Gasteiger partial charge in [0.2, 0.25) is 0 Å². The molecule has 0 fully saturated rings. The molecule has 2 aromatic rings. The van der Waals surface area contributed by atoms with Gasteiger partial charge in [-0.25, -0.2) is 0 Å². The SMILES string of the molecule is COc1cccc(-c2cncc(CNC(C)C)c2)c1. The van der Waals surface area contributed by atoms with Crippen molar-refractivity contribution in [3.8, 4) is 16.9 Å². The molecule has 3 nitrogen and oxygen atoms in total. The lowest BCUT2D eigenvalue weighted by molar-refractivity contribution is 0.415. The second-order valence-corrected chi connectivity index (χ2v) is 4.85. The van der Waals surface area contributed by atoms with Gasteiger partial charge in [0.05, 0.1) is 7.11 Å². The van der Waals surface area contributed by atoms with E-state index in [4.69, 9.17) is 4.74 Å². The van der Waals surface area contributed by atoms with Gasteiger partial charge < -0.3 is 10.1 Å². The molecule has 0 saturated carbocycles. The van der Waals surface area contributed by atoms with Crippen LogP contribution in [0.4, 0.5) is 0 Å². The lowest BCUT2D eigenvalue weighted by Crippen LogP contribution is -2.21. The van der Waals surface area contributed by atoms with Crippen LogP contribution in [0.3, 0.4) is 0 Å². The van der Waals surface area contributed by atoms with E-state index in [1.165, 1.54) is 5.56 Å². The summed E-state index contributed by atoms with van der Waals surface area (Å²) in [6, 6.07) is 10.7. The average molecular weight is 256 g/mol. The molecule has 0 radical (unpaired) electrons. The van der Waals surface area contributed by atoms with Crippen LogP contribution in [0.25, 0.3) is 11.1 Å². The predicted molar refractivity (Wildman–Crippen MR) is 78.2 cm³/mol. The average Bonchev–Trinajstić information content (AvgIpc) is 2.45. The molecule has 1 aromatic carbocycles. The van der Waals surface area contributed by atoms with Crippen LogP contribution in [0.15, 0.2) is 42.7 Å². The van der Waals surface area contributed by atoms with Crippen molar-refractivity contribution in [1.82, 2.24) is 10.3 Å². The molecule has 1 N–H and O–H groups in total. The standard InChI is InChI=1S/C16H20N2O/c1-12(2)18-10-13-7-15(11-17-9-13)14-5-4-6-16(8-14)19-3/h4-9,11-12,18H,10H2,1-3H3. The molecule has 1 aromatic heterocycles. The molecule has 0 spiro atoms. The second kappa shape index (κ2) is 6.34. The lowest BCUT2D eigenvalue weighted by Gasteiger charge is -2.09. The zero-order valence-corrected chi connectivity index (χ0v) is 11.7. The Balaban J connectivity index is 2.22. The van der Waals surface area contributed by atoms with Gasteiger partial charge in [-0.3, -0.25) is 4.98 Å². The van der Waals surface area contributed by atoms with E-state index in [9.17, 15) is 0 Å². The molecule has 100 valence electrons. The fourth-order valence-electron chi connectivity index (χ4n) is 1.87. The molecular formula is C16H20N2O. The number of hydrogen-bond donors (Lipinski definition) is 1. The third-order valence-electron chi connectivity index (χ3n) is 2.91. The Morgan fingerprint density at radius 1 is 1.16 bits per heavy atom. The summed E-state index contributed by atoms with van der Waals surface area (Å²) in [5, 5.41) is 3.40. The summed E-state index contributed by atoms with van der Waals surface area (Å²) in [6.45, 7) is 5.11. The minimum absolute atomic E-state index is 0.473. The Bertz CT molecular complexity index is 538. The van der Waals surface area contributed by atoms with Gasteiger partial charge in [0.15, 0.2) is 0 Å². The van der Waals surface area contributed by atoms with Gasteiger partial charge in [-0.2, -0.15) is 0 Å². The highest BCUT2D eigenvalue weighted by atomic mass is 16.5. The van der Waals surface area contributed by atoms with Crippen LogP contribution in [0.1, 0.15) is 19.4 Å². The van der Waals surface area contributed by atoms with E-state index < -0.39 is 0 Å². The maximum Gasteiger partial charge on any atom is 0.119 e. The van der Waals surface area contributed by atoms with E-state index in [-0.39, 0.29) is 0 Å². The molecule has 0 amide bonds. The molecule has 19 heavy (non-hydrogen) atoms. The summed E-state index contributed by atoms with van der Waals surface area (Å²) in [6.07, 6.45) is 3.78. The van der Waals surface area contributed by atoms with E-state index in [2.05, 4.69) is 36.3 Å². The smallest absolute Gasteiger partial charge is 0.119 e. The number of hydrogen-bond acceptors (Lipinski definition) is 3. The maximum atomic E-state index is 5.25. The van der Waals surface area contributed by atoms with Crippen LogP contribution >= 0.6 is 0 Å².